The monoisotopic (exact) mass is 337 g/mol. The Bertz CT molecular complexity index is 354. The van der Waals surface area contributed by atoms with Crippen LogP contribution in [0.1, 0.15) is 39.2 Å². The second kappa shape index (κ2) is 10.4. The van der Waals surface area contributed by atoms with Gasteiger partial charge in [0.2, 0.25) is 0 Å². The van der Waals surface area contributed by atoms with Gasteiger partial charge in [-0.1, -0.05) is 30.3 Å². The van der Waals surface area contributed by atoms with Gasteiger partial charge in [-0.2, -0.15) is 13.8 Å². The van der Waals surface area contributed by atoms with Crippen LogP contribution in [0, 0.1) is 6.10 Å². The Labute approximate surface area is 141 Å². The molecule has 1 amide bonds. The van der Waals surface area contributed by atoms with Gasteiger partial charge < -0.3 is 10.1 Å². The summed E-state index contributed by atoms with van der Waals surface area (Å²) < 4.78 is 4.95. The molecule has 0 aliphatic heterocycles. The van der Waals surface area contributed by atoms with Crippen molar-refractivity contribution < 1.29 is 42.2 Å². The van der Waals surface area contributed by atoms with Gasteiger partial charge in [0.15, 0.2) is 0 Å². The van der Waals surface area contributed by atoms with Gasteiger partial charge in [0.05, 0.1) is 0 Å². The van der Waals surface area contributed by atoms with Crippen molar-refractivity contribution in [2.75, 3.05) is 0 Å². The number of rotatable bonds is 6. The molecule has 1 rings (SSSR count). The summed E-state index contributed by atoms with van der Waals surface area (Å²) >= 11 is 0. The molecular weight excluding hydrogens is 315 g/mol. The molecular formula is C15H22NO2Y-. The van der Waals surface area contributed by atoms with E-state index in [9.17, 15) is 4.79 Å². The van der Waals surface area contributed by atoms with Gasteiger partial charge >= 0.3 is 6.09 Å². The Morgan fingerprint density at radius 1 is 1.32 bits per heavy atom. The number of nitrogens with one attached hydrogen (secondary N) is 1. The minimum atomic E-state index is -0.359. The number of hydrogen-bond donors (Lipinski definition) is 1. The molecule has 0 saturated carbocycles. The molecule has 1 aromatic carbocycles. The van der Waals surface area contributed by atoms with Crippen molar-refractivity contribution in [1.82, 2.24) is 5.32 Å². The van der Waals surface area contributed by atoms with E-state index < -0.39 is 0 Å². The Morgan fingerprint density at radius 2 is 1.95 bits per heavy atom. The number of amides is 1. The number of hydrogen-bond acceptors (Lipinski definition) is 2. The summed E-state index contributed by atoms with van der Waals surface area (Å²) in [4.78, 5) is 11.3. The van der Waals surface area contributed by atoms with E-state index in [2.05, 4.69) is 17.4 Å². The molecule has 0 aliphatic carbocycles. The van der Waals surface area contributed by atoms with Crippen molar-refractivity contribution in [3.63, 3.8) is 0 Å². The van der Waals surface area contributed by atoms with Crippen molar-refractivity contribution in [2.24, 2.45) is 0 Å². The quantitative estimate of drug-likeness (QED) is 0.804. The smallest absolute Gasteiger partial charge is 0.375 e. The van der Waals surface area contributed by atoms with Crippen LogP contribution in [0.15, 0.2) is 30.3 Å². The zero-order chi connectivity index (χ0) is 13.4. The molecule has 0 bridgehead atoms. The van der Waals surface area contributed by atoms with E-state index in [4.69, 9.17) is 4.74 Å². The average molecular weight is 337 g/mol. The minimum absolute atomic E-state index is 0. The summed E-state index contributed by atoms with van der Waals surface area (Å²) in [6, 6.07) is 10.5. The molecule has 0 aromatic heterocycles. The maximum absolute atomic E-state index is 11.3. The molecule has 4 heteroatoms. The molecule has 0 saturated heterocycles. The first-order valence-electron chi connectivity index (χ1n) is 6.40. The number of benzene rings is 1. The zero-order valence-electron chi connectivity index (χ0n) is 12.0. The first kappa shape index (κ1) is 18.6. The van der Waals surface area contributed by atoms with Gasteiger partial charge in [0.25, 0.3) is 0 Å². The van der Waals surface area contributed by atoms with Gasteiger partial charge in [-0.25, -0.2) is 4.79 Å². The van der Waals surface area contributed by atoms with Crippen molar-refractivity contribution in [3.8, 4) is 0 Å². The average Bonchev–Trinajstić information content (AvgIpc) is 2.29. The maximum Gasteiger partial charge on any atom is 0.375 e. The first-order valence-corrected chi connectivity index (χ1v) is 6.40. The van der Waals surface area contributed by atoms with Crippen LogP contribution < -0.4 is 5.32 Å². The van der Waals surface area contributed by atoms with Gasteiger partial charge in [-0.15, -0.1) is 6.10 Å². The number of aryl methyl sites for hydroxylation is 1. The Balaban J connectivity index is 0.00000324. The van der Waals surface area contributed by atoms with E-state index >= 15 is 0 Å². The molecule has 0 heterocycles. The van der Waals surface area contributed by atoms with Crippen LogP contribution in [-0.4, -0.2) is 12.1 Å². The zero-order valence-corrected chi connectivity index (χ0v) is 14.8. The van der Waals surface area contributed by atoms with Gasteiger partial charge in [-0.3, -0.25) is 0 Å². The predicted molar refractivity (Wildman–Crippen MR) is 73.0 cm³/mol. The predicted octanol–water partition coefficient (Wildman–Crippen LogP) is 3.69. The molecule has 103 valence electrons. The molecule has 3 nitrogen and oxygen atoms in total. The molecule has 0 fully saturated rings. The van der Waals surface area contributed by atoms with Crippen LogP contribution in [0.3, 0.4) is 0 Å². The molecule has 1 aromatic rings. The number of alkyl carbamates (subject to hydrolysis) is 1. The van der Waals surface area contributed by atoms with Crippen LogP contribution >= 0.6 is 0 Å². The fraction of sp³-hybridized carbons (Fsp3) is 0.467. The third-order valence-corrected chi connectivity index (χ3v) is 2.61. The first-order chi connectivity index (χ1) is 8.58. The van der Waals surface area contributed by atoms with Crippen LogP contribution in [0.4, 0.5) is 4.79 Å². The molecule has 1 radical (unpaired) electrons. The summed E-state index contributed by atoms with van der Waals surface area (Å²) in [6.45, 7) is 5.52. The standard InChI is InChI=1S/C15H22NO2.Y/c1-12(2)18-15(17)16-13(3)8-7-11-14-9-5-4-6-10-14;/h4-6,9-10,13H,7-8,11H2,1-3H3,(H,16,17);/q-1;. The van der Waals surface area contributed by atoms with Crippen molar-refractivity contribution in [3.05, 3.63) is 42.0 Å². The minimum Gasteiger partial charge on any atom is -0.618 e. The third kappa shape index (κ3) is 9.18. The number of ether oxygens (including phenoxy) is 1. The normalized spacial score (nSPS) is 11.6. The van der Waals surface area contributed by atoms with Gasteiger partial charge in [0, 0.05) is 38.8 Å². The second-order valence-corrected chi connectivity index (χ2v) is 4.72. The Hall–Kier alpha value is -0.406. The summed E-state index contributed by atoms with van der Waals surface area (Å²) in [5, 5.41) is 2.82. The molecule has 0 aliphatic rings. The Kier molecular flexibility index (Phi) is 10.2. The molecule has 1 N–H and O–H groups in total. The van der Waals surface area contributed by atoms with Crippen molar-refractivity contribution in [2.45, 2.75) is 46.1 Å². The van der Waals surface area contributed by atoms with Crippen LogP contribution in [-0.2, 0) is 43.9 Å². The van der Waals surface area contributed by atoms with E-state index in [1.54, 1.807) is 13.8 Å². The summed E-state index contributed by atoms with van der Waals surface area (Å²) in [6.07, 6.45) is 3.35. The van der Waals surface area contributed by atoms with Crippen molar-refractivity contribution >= 4 is 6.09 Å². The largest absolute Gasteiger partial charge is 0.618 e. The fourth-order valence-corrected chi connectivity index (χ4v) is 1.75. The van der Waals surface area contributed by atoms with Crippen molar-refractivity contribution in [1.29, 1.82) is 0 Å². The SMILES string of the molecule is C[C-](C)OC(=O)NC(C)CCCc1ccccc1.[Y]. The van der Waals surface area contributed by atoms with Crippen LogP contribution in [0.2, 0.25) is 0 Å². The second-order valence-electron chi connectivity index (χ2n) is 4.72. The van der Waals surface area contributed by atoms with Gasteiger partial charge in [-0.05, 0) is 31.7 Å². The third-order valence-electron chi connectivity index (χ3n) is 2.61. The van der Waals surface area contributed by atoms with E-state index in [1.807, 2.05) is 25.1 Å². The molecule has 0 spiro atoms. The van der Waals surface area contributed by atoms with E-state index in [1.165, 1.54) is 5.56 Å². The summed E-state index contributed by atoms with van der Waals surface area (Å²) in [5.74, 6) is 0. The Morgan fingerprint density at radius 3 is 2.53 bits per heavy atom. The topological polar surface area (TPSA) is 38.3 Å². The summed E-state index contributed by atoms with van der Waals surface area (Å²) in [7, 11) is 0. The summed E-state index contributed by atoms with van der Waals surface area (Å²) in [5.41, 5.74) is 1.34. The van der Waals surface area contributed by atoms with E-state index in [0.717, 1.165) is 19.3 Å². The molecule has 1 unspecified atom stereocenters. The molecule has 19 heavy (non-hydrogen) atoms. The fourth-order valence-electron chi connectivity index (χ4n) is 1.75. The van der Waals surface area contributed by atoms with Crippen LogP contribution in [0.25, 0.3) is 0 Å². The van der Waals surface area contributed by atoms with Crippen LogP contribution in [0.5, 0.6) is 0 Å². The maximum atomic E-state index is 11.3. The van der Waals surface area contributed by atoms with E-state index in [0.29, 0.717) is 6.10 Å². The molecule has 1 atom stereocenters. The van der Waals surface area contributed by atoms with E-state index in [-0.39, 0.29) is 44.8 Å². The number of carbonyl (C=O) groups is 1. The number of carbonyl (C=O) groups excluding carboxylic acids is 1. The van der Waals surface area contributed by atoms with Gasteiger partial charge in [0.1, 0.15) is 0 Å².